The molecule has 0 amide bonds. The number of nitrogens with zero attached hydrogens (tertiary/aromatic N) is 1. The molecule has 2 aliphatic heterocycles. The quantitative estimate of drug-likeness (QED) is 0.897. The van der Waals surface area contributed by atoms with Crippen LogP contribution in [0.2, 0.25) is 0 Å². The average Bonchev–Trinajstić information content (AvgIpc) is 2.93. The third-order valence-corrected chi connectivity index (χ3v) is 4.50. The number of fused-ring (bicyclic) bond motifs is 1. The second-order valence-corrected chi connectivity index (χ2v) is 5.85. The van der Waals surface area contributed by atoms with Gasteiger partial charge in [0.2, 0.25) is 0 Å². The third-order valence-electron chi connectivity index (χ3n) is 4.50. The molecule has 2 N–H and O–H groups in total. The molecular weight excluding hydrogens is 236 g/mol. The molecule has 0 aliphatic carbocycles. The third kappa shape index (κ3) is 3.16. The molecule has 2 fully saturated rings. The Morgan fingerprint density at radius 3 is 3.00 bits per heavy atom. The fraction of sp³-hybridized carbons (Fsp3) is 0.625. The molecule has 0 bridgehead atoms. The number of hydrogen-bond donors (Lipinski definition) is 1. The topological polar surface area (TPSA) is 38.5 Å². The predicted molar refractivity (Wildman–Crippen MR) is 77.1 cm³/mol. The van der Waals surface area contributed by atoms with Crippen molar-refractivity contribution in [3.05, 3.63) is 35.9 Å². The van der Waals surface area contributed by atoms with Gasteiger partial charge in [-0.3, -0.25) is 4.90 Å². The molecule has 3 atom stereocenters. The van der Waals surface area contributed by atoms with Gasteiger partial charge in [-0.05, 0) is 37.8 Å². The zero-order valence-corrected chi connectivity index (χ0v) is 11.5. The van der Waals surface area contributed by atoms with E-state index in [9.17, 15) is 0 Å². The van der Waals surface area contributed by atoms with Crippen LogP contribution in [0.5, 0.6) is 0 Å². The van der Waals surface area contributed by atoms with Crippen molar-refractivity contribution in [1.82, 2.24) is 4.90 Å². The fourth-order valence-corrected chi connectivity index (χ4v) is 3.27. The number of ether oxygens (including phenoxy) is 1. The van der Waals surface area contributed by atoms with Crippen LogP contribution in [0.15, 0.2) is 30.3 Å². The van der Waals surface area contributed by atoms with Crippen LogP contribution in [0.1, 0.15) is 24.8 Å². The highest BCUT2D eigenvalue weighted by molar-refractivity contribution is 5.14. The Bertz CT molecular complexity index is 395. The highest BCUT2D eigenvalue weighted by atomic mass is 16.5. The highest BCUT2D eigenvalue weighted by Gasteiger charge is 2.34. The number of hydrogen-bond acceptors (Lipinski definition) is 3. The second-order valence-electron chi connectivity index (χ2n) is 5.85. The average molecular weight is 260 g/mol. The van der Waals surface area contributed by atoms with Gasteiger partial charge in [0, 0.05) is 18.6 Å². The number of rotatable bonds is 4. The molecule has 3 unspecified atom stereocenters. The fourth-order valence-electron chi connectivity index (χ4n) is 3.27. The summed E-state index contributed by atoms with van der Waals surface area (Å²) in [6, 6.07) is 11.4. The summed E-state index contributed by atoms with van der Waals surface area (Å²) < 4.78 is 5.98. The van der Waals surface area contributed by atoms with Crippen molar-refractivity contribution >= 4 is 0 Å². The molecule has 3 nitrogen and oxygen atoms in total. The Labute approximate surface area is 115 Å². The van der Waals surface area contributed by atoms with Crippen LogP contribution in [0.3, 0.4) is 0 Å². The van der Waals surface area contributed by atoms with Crippen molar-refractivity contribution in [2.24, 2.45) is 5.73 Å². The van der Waals surface area contributed by atoms with E-state index in [4.69, 9.17) is 10.5 Å². The van der Waals surface area contributed by atoms with Gasteiger partial charge in [-0.2, -0.15) is 0 Å². The molecule has 19 heavy (non-hydrogen) atoms. The van der Waals surface area contributed by atoms with Crippen molar-refractivity contribution in [2.75, 3.05) is 19.7 Å². The molecule has 0 saturated carbocycles. The van der Waals surface area contributed by atoms with E-state index in [1.165, 1.54) is 24.9 Å². The summed E-state index contributed by atoms with van der Waals surface area (Å²) >= 11 is 0. The molecule has 3 heteroatoms. The minimum Gasteiger partial charge on any atom is -0.374 e. The lowest BCUT2D eigenvalue weighted by Crippen LogP contribution is -2.52. The Hall–Kier alpha value is -0.900. The van der Waals surface area contributed by atoms with Gasteiger partial charge in [0.25, 0.3) is 0 Å². The molecule has 0 aromatic heterocycles. The summed E-state index contributed by atoms with van der Waals surface area (Å²) in [5.41, 5.74) is 7.70. The van der Waals surface area contributed by atoms with Crippen molar-refractivity contribution in [1.29, 1.82) is 0 Å². The summed E-state index contributed by atoms with van der Waals surface area (Å²) in [7, 11) is 0. The molecular formula is C16H24N2O. The molecule has 104 valence electrons. The van der Waals surface area contributed by atoms with E-state index in [0.29, 0.717) is 6.04 Å². The summed E-state index contributed by atoms with van der Waals surface area (Å²) in [5, 5.41) is 0. The van der Waals surface area contributed by atoms with Gasteiger partial charge in [-0.15, -0.1) is 0 Å². The molecule has 3 rings (SSSR count). The number of benzene rings is 1. The van der Waals surface area contributed by atoms with E-state index < -0.39 is 0 Å². The van der Waals surface area contributed by atoms with Crippen LogP contribution >= 0.6 is 0 Å². The molecule has 2 saturated heterocycles. The minimum atomic E-state index is 0.154. The molecule has 0 spiro atoms. The largest absolute Gasteiger partial charge is 0.374 e. The first-order valence-electron chi connectivity index (χ1n) is 7.48. The Balaban J connectivity index is 1.49. The van der Waals surface area contributed by atoms with Crippen molar-refractivity contribution in [3.63, 3.8) is 0 Å². The lowest BCUT2D eigenvalue weighted by atomic mass is 10.0. The lowest BCUT2D eigenvalue weighted by Gasteiger charge is -2.37. The Morgan fingerprint density at radius 1 is 1.32 bits per heavy atom. The van der Waals surface area contributed by atoms with Gasteiger partial charge < -0.3 is 10.5 Å². The summed E-state index contributed by atoms with van der Waals surface area (Å²) in [6.45, 7) is 3.14. The maximum atomic E-state index is 6.33. The molecule has 2 aliphatic rings. The van der Waals surface area contributed by atoms with E-state index in [-0.39, 0.29) is 12.1 Å². The first kappa shape index (κ1) is 13.1. The van der Waals surface area contributed by atoms with Gasteiger partial charge in [0.1, 0.15) is 0 Å². The summed E-state index contributed by atoms with van der Waals surface area (Å²) in [5.74, 6) is 0. The number of aryl methyl sites for hydroxylation is 1. The van der Waals surface area contributed by atoms with Crippen LogP contribution in [-0.4, -0.2) is 42.8 Å². The molecule has 2 heterocycles. The first-order valence-corrected chi connectivity index (χ1v) is 7.48. The van der Waals surface area contributed by atoms with Crippen molar-refractivity contribution < 1.29 is 4.74 Å². The van der Waals surface area contributed by atoms with Gasteiger partial charge >= 0.3 is 0 Å². The Morgan fingerprint density at radius 2 is 2.16 bits per heavy atom. The van der Waals surface area contributed by atoms with Gasteiger partial charge in [0.05, 0.1) is 12.7 Å². The van der Waals surface area contributed by atoms with E-state index in [1.54, 1.807) is 0 Å². The van der Waals surface area contributed by atoms with Crippen LogP contribution < -0.4 is 5.73 Å². The van der Waals surface area contributed by atoms with Crippen LogP contribution in [0, 0.1) is 0 Å². The van der Waals surface area contributed by atoms with E-state index in [2.05, 4.69) is 35.2 Å². The summed E-state index contributed by atoms with van der Waals surface area (Å²) in [4.78, 5) is 2.57. The molecule has 1 aromatic rings. The molecule has 1 aromatic carbocycles. The van der Waals surface area contributed by atoms with Gasteiger partial charge in [-0.25, -0.2) is 0 Å². The monoisotopic (exact) mass is 260 g/mol. The van der Waals surface area contributed by atoms with Gasteiger partial charge in [0.15, 0.2) is 0 Å². The number of nitrogens with two attached hydrogens (primary N) is 1. The van der Waals surface area contributed by atoms with E-state index in [1.807, 2.05) is 0 Å². The SMILES string of the molecule is NC(CCc1ccccc1)C1CN2CCCC2CO1. The maximum absolute atomic E-state index is 6.33. The minimum absolute atomic E-state index is 0.154. The zero-order chi connectivity index (χ0) is 13.1. The maximum Gasteiger partial charge on any atom is 0.0853 e. The van der Waals surface area contributed by atoms with Crippen molar-refractivity contribution in [2.45, 2.75) is 43.9 Å². The normalized spacial score (nSPS) is 29.1. The smallest absolute Gasteiger partial charge is 0.0853 e. The van der Waals surface area contributed by atoms with E-state index >= 15 is 0 Å². The number of morpholine rings is 1. The summed E-state index contributed by atoms with van der Waals surface area (Å²) in [6.07, 6.45) is 4.89. The molecule has 0 radical (unpaired) electrons. The van der Waals surface area contributed by atoms with Crippen LogP contribution in [0.25, 0.3) is 0 Å². The Kier molecular flexibility index (Phi) is 4.16. The van der Waals surface area contributed by atoms with Gasteiger partial charge in [-0.1, -0.05) is 30.3 Å². The second kappa shape index (κ2) is 6.04. The van der Waals surface area contributed by atoms with Crippen LogP contribution in [-0.2, 0) is 11.2 Å². The zero-order valence-electron chi connectivity index (χ0n) is 11.5. The van der Waals surface area contributed by atoms with Crippen molar-refractivity contribution in [3.8, 4) is 0 Å². The first-order chi connectivity index (χ1) is 9.33. The predicted octanol–water partition coefficient (Wildman–Crippen LogP) is 1.81. The lowest BCUT2D eigenvalue weighted by molar-refractivity contribution is -0.0599. The standard InChI is InChI=1S/C16H24N2O/c17-15(9-8-13-5-2-1-3-6-13)16-11-18-10-4-7-14(18)12-19-16/h1-3,5-6,14-16H,4,7-12,17H2. The van der Waals surface area contributed by atoms with Crippen LogP contribution in [0.4, 0.5) is 0 Å². The van der Waals surface area contributed by atoms with E-state index in [0.717, 1.165) is 26.0 Å². The highest BCUT2D eigenvalue weighted by Crippen LogP contribution is 2.24.